The Kier molecular flexibility index (Phi) is 3.61. The molecule has 0 saturated carbocycles. The molecule has 0 amide bonds. The van der Waals surface area contributed by atoms with Gasteiger partial charge in [-0.2, -0.15) is 0 Å². The van der Waals surface area contributed by atoms with Gasteiger partial charge >= 0.3 is 0 Å². The van der Waals surface area contributed by atoms with Crippen molar-refractivity contribution in [3.05, 3.63) is 34.9 Å². The van der Waals surface area contributed by atoms with Crippen LogP contribution >= 0.6 is 0 Å². The molecule has 74 valence electrons. The molecule has 1 aromatic carbocycles. The first-order valence-corrected chi connectivity index (χ1v) is 4.24. The van der Waals surface area contributed by atoms with Gasteiger partial charge < -0.3 is 5.32 Å². The Morgan fingerprint density at radius 3 is 2.36 bits per heavy atom. The summed E-state index contributed by atoms with van der Waals surface area (Å²) >= 11 is 0. The van der Waals surface area contributed by atoms with E-state index in [0.29, 0.717) is 12.1 Å². The molecular formula is C11H11F2N. The maximum absolute atomic E-state index is 13.2. The van der Waals surface area contributed by atoms with Gasteiger partial charge in [0, 0.05) is 0 Å². The van der Waals surface area contributed by atoms with Crippen LogP contribution in [0, 0.1) is 30.4 Å². The van der Waals surface area contributed by atoms with Crippen molar-refractivity contribution in [3.8, 4) is 11.8 Å². The predicted octanol–water partition coefficient (Wildman–Crippen LogP) is 1.84. The lowest BCUT2D eigenvalue weighted by atomic mass is 10.1. The van der Waals surface area contributed by atoms with E-state index in [2.05, 4.69) is 17.2 Å². The van der Waals surface area contributed by atoms with Crippen LogP contribution in [0.2, 0.25) is 0 Å². The molecule has 1 nitrogen and oxygen atoms in total. The van der Waals surface area contributed by atoms with Crippen LogP contribution in [0.1, 0.15) is 11.1 Å². The highest BCUT2D eigenvalue weighted by Gasteiger charge is 2.06. The standard InChI is InChI=1S/C11H11F2N/c1-8-6-10(12)9(11(13)7-8)4-3-5-14-2/h6-7,14H,5H2,1-2H3. The van der Waals surface area contributed by atoms with Gasteiger partial charge in [0.15, 0.2) is 0 Å². The summed E-state index contributed by atoms with van der Waals surface area (Å²) in [6, 6.07) is 2.54. The van der Waals surface area contributed by atoms with Crippen molar-refractivity contribution in [1.82, 2.24) is 5.32 Å². The van der Waals surface area contributed by atoms with E-state index in [9.17, 15) is 8.78 Å². The first-order valence-electron chi connectivity index (χ1n) is 4.24. The van der Waals surface area contributed by atoms with Crippen molar-refractivity contribution in [3.63, 3.8) is 0 Å². The van der Waals surface area contributed by atoms with Gasteiger partial charge in [0.1, 0.15) is 11.6 Å². The van der Waals surface area contributed by atoms with E-state index in [1.54, 1.807) is 14.0 Å². The molecule has 0 aliphatic heterocycles. The van der Waals surface area contributed by atoms with E-state index in [4.69, 9.17) is 0 Å². The zero-order valence-corrected chi connectivity index (χ0v) is 8.12. The lowest BCUT2D eigenvalue weighted by Gasteiger charge is -1.98. The number of aryl methyl sites for hydroxylation is 1. The monoisotopic (exact) mass is 195 g/mol. The maximum Gasteiger partial charge on any atom is 0.142 e. The lowest BCUT2D eigenvalue weighted by molar-refractivity contribution is 0.575. The molecule has 1 aromatic rings. The van der Waals surface area contributed by atoms with Gasteiger partial charge in [-0.15, -0.1) is 0 Å². The zero-order valence-electron chi connectivity index (χ0n) is 8.12. The van der Waals surface area contributed by atoms with Gasteiger partial charge in [-0.1, -0.05) is 11.8 Å². The molecule has 3 heteroatoms. The zero-order chi connectivity index (χ0) is 10.6. The predicted molar refractivity (Wildman–Crippen MR) is 51.9 cm³/mol. The van der Waals surface area contributed by atoms with Crippen LogP contribution in [0.5, 0.6) is 0 Å². The molecule has 0 aliphatic rings. The van der Waals surface area contributed by atoms with E-state index in [-0.39, 0.29) is 5.56 Å². The Hall–Kier alpha value is -1.40. The summed E-state index contributed by atoms with van der Waals surface area (Å²) in [5.41, 5.74) is 0.394. The molecule has 0 radical (unpaired) electrons. The second-order valence-corrected chi connectivity index (χ2v) is 2.94. The number of hydrogen-bond acceptors (Lipinski definition) is 1. The van der Waals surface area contributed by atoms with Crippen molar-refractivity contribution in [1.29, 1.82) is 0 Å². The van der Waals surface area contributed by atoms with Gasteiger partial charge in [0.25, 0.3) is 0 Å². The van der Waals surface area contributed by atoms with Crippen LogP contribution in [-0.2, 0) is 0 Å². The Morgan fingerprint density at radius 1 is 1.29 bits per heavy atom. The Morgan fingerprint density at radius 2 is 1.86 bits per heavy atom. The van der Waals surface area contributed by atoms with Gasteiger partial charge in [0.2, 0.25) is 0 Å². The highest BCUT2D eigenvalue weighted by molar-refractivity contribution is 5.38. The molecule has 1 rings (SSSR count). The Labute approximate surface area is 82.1 Å². The summed E-state index contributed by atoms with van der Waals surface area (Å²) in [5, 5.41) is 2.77. The van der Waals surface area contributed by atoms with Gasteiger partial charge in [-0.05, 0) is 31.7 Å². The summed E-state index contributed by atoms with van der Waals surface area (Å²) < 4.78 is 26.4. The van der Waals surface area contributed by atoms with Crippen LogP contribution in [0.3, 0.4) is 0 Å². The number of rotatable bonds is 1. The largest absolute Gasteiger partial charge is 0.309 e. The highest BCUT2D eigenvalue weighted by Crippen LogP contribution is 2.13. The average Bonchev–Trinajstić information content (AvgIpc) is 2.09. The molecule has 0 fully saturated rings. The fraction of sp³-hybridized carbons (Fsp3) is 0.273. The van der Waals surface area contributed by atoms with E-state index >= 15 is 0 Å². The van der Waals surface area contributed by atoms with Crippen LogP contribution < -0.4 is 5.32 Å². The molecular weight excluding hydrogens is 184 g/mol. The molecule has 0 aliphatic carbocycles. The average molecular weight is 195 g/mol. The smallest absolute Gasteiger partial charge is 0.142 e. The summed E-state index contributed by atoms with van der Waals surface area (Å²) in [6.45, 7) is 2.05. The first-order chi connectivity index (χ1) is 6.65. The molecule has 0 atom stereocenters. The molecule has 14 heavy (non-hydrogen) atoms. The summed E-state index contributed by atoms with van der Waals surface area (Å²) in [5.74, 6) is 3.85. The quantitative estimate of drug-likeness (QED) is 0.674. The SMILES string of the molecule is CNCC#Cc1c(F)cc(C)cc1F. The summed E-state index contributed by atoms with van der Waals surface area (Å²) in [7, 11) is 1.72. The second kappa shape index (κ2) is 4.73. The number of nitrogens with one attached hydrogen (secondary N) is 1. The Balaban J connectivity index is 3.04. The first kappa shape index (κ1) is 10.7. The molecule has 0 spiro atoms. The topological polar surface area (TPSA) is 12.0 Å². The third-order valence-electron chi connectivity index (χ3n) is 1.66. The molecule has 0 aromatic heterocycles. The van der Waals surface area contributed by atoms with E-state index in [0.717, 1.165) is 0 Å². The third-order valence-corrected chi connectivity index (χ3v) is 1.66. The third kappa shape index (κ3) is 2.54. The van der Waals surface area contributed by atoms with Crippen LogP contribution in [0.4, 0.5) is 8.78 Å². The fourth-order valence-electron chi connectivity index (χ4n) is 1.04. The van der Waals surface area contributed by atoms with Crippen LogP contribution in [0.15, 0.2) is 12.1 Å². The van der Waals surface area contributed by atoms with Crippen molar-refractivity contribution in [2.24, 2.45) is 0 Å². The maximum atomic E-state index is 13.2. The summed E-state index contributed by atoms with van der Waals surface area (Å²) in [4.78, 5) is 0. The minimum Gasteiger partial charge on any atom is -0.309 e. The van der Waals surface area contributed by atoms with E-state index < -0.39 is 11.6 Å². The van der Waals surface area contributed by atoms with Gasteiger partial charge in [0.05, 0.1) is 12.1 Å². The van der Waals surface area contributed by atoms with Crippen molar-refractivity contribution in [2.45, 2.75) is 6.92 Å². The minimum absolute atomic E-state index is 0.161. The molecule has 0 bridgehead atoms. The van der Waals surface area contributed by atoms with Crippen molar-refractivity contribution in [2.75, 3.05) is 13.6 Å². The number of benzene rings is 1. The molecule has 1 N–H and O–H groups in total. The van der Waals surface area contributed by atoms with Crippen LogP contribution in [0.25, 0.3) is 0 Å². The fourth-order valence-corrected chi connectivity index (χ4v) is 1.04. The lowest BCUT2D eigenvalue weighted by Crippen LogP contribution is -2.04. The summed E-state index contributed by atoms with van der Waals surface area (Å²) in [6.07, 6.45) is 0. The van der Waals surface area contributed by atoms with Crippen LogP contribution in [-0.4, -0.2) is 13.6 Å². The van der Waals surface area contributed by atoms with Gasteiger partial charge in [-0.25, -0.2) is 8.78 Å². The van der Waals surface area contributed by atoms with E-state index in [1.807, 2.05) is 0 Å². The normalized spacial score (nSPS) is 9.43. The molecule has 0 unspecified atom stereocenters. The van der Waals surface area contributed by atoms with Gasteiger partial charge in [-0.3, -0.25) is 0 Å². The van der Waals surface area contributed by atoms with E-state index in [1.165, 1.54) is 12.1 Å². The number of halogens is 2. The second-order valence-electron chi connectivity index (χ2n) is 2.94. The van der Waals surface area contributed by atoms with Crippen molar-refractivity contribution < 1.29 is 8.78 Å². The highest BCUT2D eigenvalue weighted by atomic mass is 19.1. The number of hydrogen-bond donors (Lipinski definition) is 1. The minimum atomic E-state index is -0.605. The Bertz CT molecular complexity index is 365. The molecule has 0 heterocycles. The van der Waals surface area contributed by atoms with Crippen molar-refractivity contribution >= 4 is 0 Å². The molecule has 0 saturated heterocycles.